The van der Waals surface area contributed by atoms with Crippen molar-refractivity contribution < 1.29 is 9.32 Å². The zero-order valence-corrected chi connectivity index (χ0v) is 17.3. The van der Waals surface area contributed by atoms with Crippen LogP contribution in [-0.4, -0.2) is 22.6 Å². The van der Waals surface area contributed by atoms with E-state index in [0.717, 1.165) is 45.9 Å². The highest BCUT2D eigenvalue weighted by molar-refractivity contribution is 9.11. The quantitative estimate of drug-likeness (QED) is 0.682. The highest BCUT2D eigenvalue weighted by Gasteiger charge is 2.39. The summed E-state index contributed by atoms with van der Waals surface area (Å²) in [6.45, 7) is 3.96. The lowest BCUT2D eigenvalue weighted by atomic mass is 9.96. The summed E-state index contributed by atoms with van der Waals surface area (Å²) >= 11 is 6.99. The molecule has 1 heterocycles. The van der Waals surface area contributed by atoms with Crippen molar-refractivity contribution in [3.63, 3.8) is 0 Å². The van der Waals surface area contributed by atoms with Crippen LogP contribution in [0.2, 0.25) is 0 Å². The second-order valence-corrected chi connectivity index (χ2v) is 8.14. The number of carbonyl (C=O) groups excluding carboxylic acids is 1. The Morgan fingerprint density at radius 2 is 1.88 bits per heavy atom. The van der Waals surface area contributed by atoms with Crippen molar-refractivity contribution >= 4 is 43.5 Å². The van der Waals surface area contributed by atoms with E-state index in [2.05, 4.69) is 52.6 Å². The highest BCUT2D eigenvalue weighted by atomic mass is 79.9. The Kier molecular flexibility index (Phi) is 5.60. The zero-order chi connectivity index (χ0) is 18.0. The number of aryl methyl sites for hydroxylation is 2. The molecule has 0 aliphatic heterocycles. The fraction of sp³-hybridized carbons (Fsp3) is 0.471. The number of benzene rings is 1. The summed E-state index contributed by atoms with van der Waals surface area (Å²) < 4.78 is 6.82. The zero-order valence-electron chi connectivity index (χ0n) is 14.2. The molecule has 25 heavy (non-hydrogen) atoms. The monoisotopic (exact) mass is 470 g/mol. The standard InChI is InChI=1S/C17H20Br2N4O2/c1-10-7-12(18)15(13(19)8-10)22-14(24)9-20-17(5-3-4-6-17)16-21-11(2)25-23-16/h7-8,20H,3-6,9H2,1-2H3,(H,22,24). The smallest absolute Gasteiger partial charge is 0.238 e. The molecule has 1 amide bonds. The van der Waals surface area contributed by atoms with Gasteiger partial charge >= 0.3 is 0 Å². The maximum absolute atomic E-state index is 12.5. The Balaban J connectivity index is 1.69. The summed E-state index contributed by atoms with van der Waals surface area (Å²) in [6.07, 6.45) is 3.96. The van der Waals surface area contributed by atoms with E-state index in [1.165, 1.54) is 0 Å². The molecule has 134 valence electrons. The van der Waals surface area contributed by atoms with Gasteiger partial charge in [-0.2, -0.15) is 4.98 Å². The average molecular weight is 472 g/mol. The van der Waals surface area contributed by atoms with Crippen molar-refractivity contribution in [2.75, 3.05) is 11.9 Å². The van der Waals surface area contributed by atoms with Gasteiger partial charge < -0.3 is 9.84 Å². The number of rotatable bonds is 5. The van der Waals surface area contributed by atoms with E-state index in [1.807, 2.05) is 19.1 Å². The molecule has 0 saturated heterocycles. The summed E-state index contributed by atoms with van der Waals surface area (Å²) in [7, 11) is 0. The molecular formula is C17H20Br2N4O2. The number of aromatic nitrogens is 2. The molecule has 0 atom stereocenters. The first-order chi connectivity index (χ1) is 11.9. The lowest BCUT2D eigenvalue weighted by Gasteiger charge is -2.26. The number of nitrogens with zero attached hydrogens (tertiary/aromatic N) is 2. The molecule has 0 spiro atoms. The van der Waals surface area contributed by atoms with Crippen LogP contribution in [-0.2, 0) is 10.3 Å². The van der Waals surface area contributed by atoms with Crippen molar-refractivity contribution in [2.45, 2.75) is 45.1 Å². The maximum atomic E-state index is 12.5. The van der Waals surface area contributed by atoms with Gasteiger partial charge in [0.2, 0.25) is 11.8 Å². The predicted molar refractivity (Wildman–Crippen MR) is 102 cm³/mol. The summed E-state index contributed by atoms with van der Waals surface area (Å²) in [5.74, 6) is 1.07. The molecule has 8 heteroatoms. The fourth-order valence-electron chi connectivity index (χ4n) is 3.20. The van der Waals surface area contributed by atoms with Crippen molar-refractivity contribution in [2.24, 2.45) is 0 Å². The van der Waals surface area contributed by atoms with Crippen LogP contribution in [0.3, 0.4) is 0 Å². The molecule has 0 radical (unpaired) electrons. The van der Waals surface area contributed by atoms with Gasteiger partial charge in [0, 0.05) is 15.9 Å². The lowest BCUT2D eigenvalue weighted by molar-refractivity contribution is -0.115. The van der Waals surface area contributed by atoms with Crippen LogP contribution in [0, 0.1) is 13.8 Å². The van der Waals surface area contributed by atoms with Crippen LogP contribution in [0.5, 0.6) is 0 Å². The van der Waals surface area contributed by atoms with Crippen molar-refractivity contribution in [1.82, 2.24) is 15.5 Å². The molecule has 0 bridgehead atoms. The van der Waals surface area contributed by atoms with E-state index in [-0.39, 0.29) is 18.0 Å². The molecule has 6 nitrogen and oxygen atoms in total. The largest absolute Gasteiger partial charge is 0.340 e. The number of amides is 1. The van der Waals surface area contributed by atoms with Gasteiger partial charge in [-0.25, -0.2) is 0 Å². The second kappa shape index (κ2) is 7.55. The normalized spacial score (nSPS) is 16.2. The van der Waals surface area contributed by atoms with Crippen LogP contribution in [0.25, 0.3) is 0 Å². The van der Waals surface area contributed by atoms with Crippen molar-refractivity contribution in [3.05, 3.63) is 38.4 Å². The van der Waals surface area contributed by atoms with Gasteiger partial charge in [-0.1, -0.05) is 18.0 Å². The SMILES string of the molecule is Cc1cc(Br)c(NC(=O)CNC2(c3noc(C)n3)CCCC2)c(Br)c1. The number of nitrogens with one attached hydrogen (secondary N) is 2. The number of anilines is 1. The summed E-state index contributed by atoms with van der Waals surface area (Å²) in [5.41, 5.74) is 1.46. The average Bonchev–Trinajstić information content (AvgIpc) is 3.18. The molecular weight excluding hydrogens is 452 g/mol. The minimum atomic E-state index is -0.378. The number of hydrogen-bond acceptors (Lipinski definition) is 5. The Morgan fingerprint density at radius 1 is 1.24 bits per heavy atom. The van der Waals surface area contributed by atoms with Gasteiger partial charge in [0.15, 0.2) is 5.82 Å². The molecule has 1 aliphatic rings. The Hall–Kier alpha value is -1.25. The van der Waals surface area contributed by atoms with Crippen LogP contribution >= 0.6 is 31.9 Å². The minimum absolute atomic E-state index is 0.114. The van der Waals surface area contributed by atoms with E-state index in [1.54, 1.807) is 6.92 Å². The number of carbonyl (C=O) groups is 1. The summed E-state index contributed by atoms with van der Waals surface area (Å²) in [6, 6.07) is 3.93. The third-order valence-electron chi connectivity index (χ3n) is 4.45. The molecule has 1 aromatic heterocycles. The summed E-state index contributed by atoms with van der Waals surface area (Å²) in [4.78, 5) is 16.8. The molecule has 1 saturated carbocycles. The van der Waals surface area contributed by atoms with E-state index < -0.39 is 0 Å². The Morgan fingerprint density at radius 3 is 2.44 bits per heavy atom. The molecule has 1 aromatic carbocycles. The first-order valence-electron chi connectivity index (χ1n) is 8.21. The lowest BCUT2D eigenvalue weighted by Crippen LogP contribution is -2.44. The number of hydrogen-bond donors (Lipinski definition) is 2. The van der Waals surface area contributed by atoms with E-state index >= 15 is 0 Å². The van der Waals surface area contributed by atoms with E-state index in [9.17, 15) is 4.79 Å². The van der Waals surface area contributed by atoms with Gasteiger partial charge in [-0.15, -0.1) is 0 Å². The molecule has 1 fully saturated rings. The van der Waals surface area contributed by atoms with Crippen LogP contribution in [0.1, 0.15) is 43.0 Å². The molecule has 1 aliphatic carbocycles. The number of halogens is 2. The van der Waals surface area contributed by atoms with Gasteiger partial charge in [0.05, 0.1) is 17.8 Å². The van der Waals surface area contributed by atoms with Crippen molar-refractivity contribution in [3.8, 4) is 0 Å². The first kappa shape index (κ1) is 18.5. The Bertz CT molecular complexity index is 762. The van der Waals surface area contributed by atoms with Crippen LogP contribution in [0.4, 0.5) is 5.69 Å². The van der Waals surface area contributed by atoms with Crippen molar-refractivity contribution in [1.29, 1.82) is 0 Å². The molecule has 2 N–H and O–H groups in total. The molecule has 0 unspecified atom stereocenters. The highest BCUT2D eigenvalue weighted by Crippen LogP contribution is 2.37. The topological polar surface area (TPSA) is 80.0 Å². The van der Waals surface area contributed by atoms with E-state index in [4.69, 9.17) is 4.52 Å². The second-order valence-electron chi connectivity index (χ2n) is 6.43. The maximum Gasteiger partial charge on any atom is 0.238 e. The van der Waals surface area contributed by atoms with Gasteiger partial charge in [-0.3, -0.25) is 10.1 Å². The van der Waals surface area contributed by atoms with Gasteiger partial charge in [0.25, 0.3) is 0 Å². The first-order valence-corrected chi connectivity index (χ1v) is 9.79. The summed E-state index contributed by atoms with van der Waals surface area (Å²) in [5, 5.41) is 10.4. The predicted octanol–water partition coefficient (Wildman–Crippen LogP) is 4.21. The van der Waals surface area contributed by atoms with Gasteiger partial charge in [0.1, 0.15) is 0 Å². The minimum Gasteiger partial charge on any atom is -0.340 e. The molecule has 3 rings (SSSR count). The van der Waals surface area contributed by atoms with Gasteiger partial charge in [-0.05, 0) is 69.3 Å². The fourth-order valence-corrected chi connectivity index (χ4v) is 4.82. The van der Waals surface area contributed by atoms with Crippen LogP contribution in [0.15, 0.2) is 25.6 Å². The third-order valence-corrected chi connectivity index (χ3v) is 5.70. The molecule has 2 aromatic rings. The van der Waals surface area contributed by atoms with Crippen LogP contribution < -0.4 is 10.6 Å². The third kappa shape index (κ3) is 4.12. The Labute approximate surface area is 163 Å². The van der Waals surface area contributed by atoms with E-state index in [0.29, 0.717) is 11.7 Å².